The van der Waals surface area contributed by atoms with Gasteiger partial charge in [0.25, 0.3) is 0 Å². The monoisotopic (exact) mass is 534 g/mol. The molecule has 4 heteroatoms. The third-order valence-corrected chi connectivity index (χ3v) is 12.4. The van der Waals surface area contributed by atoms with E-state index in [0.29, 0.717) is 46.5 Å². The van der Waals surface area contributed by atoms with Crippen LogP contribution in [0.1, 0.15) is 109 Å². The van der Waals surface area contributed by atoms with Crippen LogP contribution in [-0.4, -0.2) is 23.1 Å². The molecule has 4 fully saturated rings. The van der Waals surface area contributed by atoms with Gasteiger partial charge in [-0.15, -0.1) is 0 Å². The number of esters is 1. The Morgan fingerprint density at radius 2 is 1.74 bits per heavy atom. The van der Waals surface area contributed by atoms with Crippen molar-refractivity contribution in [2.75, 3.05) is 0 Å². The zero-order chi connectivity index (χ0) is 27.9. The van der Waals surface area contributed by atoms with E-state index < -0.39 is 5.97 Å². The number of carbonyl (C=O) groups is 2. The molecule has 39 heavy (non-hydrogen) atoms. The molecule has 0 bridgehead atoms. The summed E-state index contributed by atoms with van der Waals surface area (Å²) in [6.45, 7) is 13.7. The van der Waals surface area contributed by atoms with Gasteiger partial charge in [0.05, 0.1) is 11.5 Å². The minimum atomic E-state index is -0.680. The zero-order valence-corrected chi connectivity index (χ0v) is 24.7. The highest BCUT2D eigenvalue weighted by Gasteiger charge is 2.63. The molecule has 1 aromatic rings. The number of rotatable bonds is 8. The summed E-state index contributed by atoms with van der Waals surface area (Å²) >= 11 is 0. The summed E-state index contributed by atoms with van der Waals surface area (Å²) in [5, 5.41) is 9.30. The molecule has 214 valence electrons. The van der Waals surface area contributed by atoms with Crippen LogP contribution in [0.4, 0.5) is 0 Å². The van der Waals surface area contributed by atoms with Gasteiger partial charge in [-0.2, -0.15) is 0 Å². The molecule has 4 aliphatic rings. The van der Waals surface area contributed by atoms with Crippen molar-refractivity contribution in [3.05, 3.63) is 48.0 Å². The van der Waals surface area contributed by atoms with Crippen molar-refractivity contribution in [1.82, 2.24) is 0 Å². The fraction of sp³-hybridized carbons (Fsp3) is 0.714. The second-order valence-corrected chi connectivity index (χ2v) is 14.4. The van der Waals surface area contributed by atoms with Crippen LogP contribution < -0.4 is 0 Å². The minimum absolute atomic E-state index is 0.0261. The number of carboxylic acids is 1. The van der Waals surface area contributed by atoms with E-state index in [4.69, 9.17) is 4.74 Å². The maximum Gasteiger partial charge on any atom is 0.338 e. The summed E-state index contributed by atoms with van der Waals surface area (Å²) in [6, 6.07) is 9.53. The lowest BCUT2D eigenvalue weighted by Crippen LogP contribution is -2.58. The first-order valence-corrected chi connectivity index (χ1v) is 15.7. The third kappa shape index (κ3) is 5.22. The molecule has 4 nitrogen and oxygen atoms in total. The molecule has 0 heterocycles. The Labute approximate surface area is 236 Å². The van der Waals surface area contributed by atoms with Crippen molar-refractivity contribution in [2.24, 2.45) is 52.3 Å². The summed E-state index contributed by atoms with van der Waals surface area (Å²) in [6.07, 6.45) is 12.2. The van der Waals surface area contributed by atoms with E-state index in [1.807, 2.05) is 37.3 Å². The molecule has 0 aliphatic heterocycles. The average molecular weight is 535 g/mol. The minimum Gasteiger partial charge on any atom is -0.481 e. The van der Waals surface area contributed by atoms with Crippen molar-refractivity contribution in [3.8, 4) is 0 Å². The highest BCUT2D eigenvalue weighted by Crippen LogP contribution is 2.69. The Balaban J connectivity index is 1.38. The highest BCUT2D eigenvalue weighted by molar-refractivity contribution is 5.89. The maximum absolute atomic E-state index is 13.4. The predicted molar refractivity (Wildman–Crippen MR) is 155 cm³/mol. The van der Waals surface area contributed by atoms with E-state index in [2.05, 4.69) is 27.4 Å². The van der Waals surface area contributed by atoms with Crippen LogP contribution in [0.3, 0.4) is 0 Å². The van der Waals surface area contributed by atoms with Gasteiger partial charge < -0.3 is 9.84 Å². The van der Waals surface area contributed by atoms with Gasteiger partial charge in [-0.05, 0) is 110 Å². The summed E-state index contributed by atoms with van der Waals surface area (Å²) in [7, 11) is 0. The van der Waals surface area contributed by atoms with E-state index in [0.717, 1.165) is 38.5 Å². The van der Waals surface area contributed by atoms with Crippen molar-refractivity contribution >= 4 is 11.9 Å². The second-order valence-electron chi connectivity index (χ2n) is 14.4. The Hall–Kier alpha value is -2.10. The van der Waals surface area contributed by atoms with Gasteiger partial charge in [0, 0.05) is 5.92 Å². The van der Waals surface area contributed by atoms with E-state index in [1.54, 1.807) is 0 Å². The standard InChI is InChI=1S/C35H50O4/c1-22-16-18-34(4)26(20-22)21-30(39-33(38)25-12-7-6-8-13-25)31-28-15-14-27(35(28,5)19-17-29(31)34)23(2)10-9-11-24(3)32(36)37/h6-8,12-13,23-24,26-31H,1,9-11,14-21H2,2-5H3,(H,36,37)/t23-,24?,26-,27?,28?,29?,30-,31?,34?,35?/m1/s1. The Kier molecular flexibility index (Phi) is 8.06. The van der Waals surface area contributed by atoms with Gasteiger partial charge >= 0.3 is 11.9 Å². The van der Waals surface area contributed by atoms with Crippen LogP contribution >= 0.6 is 0 Å². The van der Waals surface area contributed by atoms with E-state index in [9.17, 15) is 14.7 Å². The summed E-state index contributed by atoms with van der Waals surface area (Å²) in [5.74, 6) is 2.29. The molecule has 7 unspecified atom stereocenters. The summed E-state index contributed by atoms with van der Waals surface area (Å²) in [4.78, 5) is 24.7. The number of allylic oxidation sites excluding steroid dienone is 1. The normalized spacial score (nSPS) is 39.1. The summed E-state index contributed by atoms with van der Waals surface area (Å²) < 4.78 is 6.51. The lowest BCUT2D eigenvalue weighted by atomic mass is 9.43. The van der Waals surface area contributed by atoms with E-state index in [1.165, 1.54) is 37.7 Å². The molecule has 5 rings (SSSR count). The van der Waals surface area contributed by atoms with Crippen LogP contribution in [0, 0.1) is 52.3 Å². The largest absolute Gasteiger partial charge is 0.481 e. The number of benzene rings is 1. The van der Waals surface area contributed by atoms with Crippen molar-refractivity contribution in [1.29, 1.82) is 0 Å². The van der Waals surface area contributed by atoms with Crippen molar-refractivity contribution in [3.63, 3.8) is 0 Å². The number of fused-ring (bicyclic) bond motifs is 5. The quantitative estimate of drug-likeness (QED) is 0.268. The zero-order valence-electron chi connectivity index (χ0n) is 24.7. The number of hydrogen-bond acceptors (Lipinski definition) is 3. The molecule has 0 spiro atoms. The smallest absolute Gasteiger partial charge is 0.338 e. The lowest BCUT2D eigenvalue weighted by molar-refractivity contribution is -0.162. The predicted octanol–water partition coefficient (Wildman–Crippen LogP) is 8.56. The molecule has 0 aromatic heterocycles. The number of carbonyl (C=O) groups excluding carboxylic acids is 1. The molecule has 1 N–H and O–H groups in total. The summed E-state index contributed by atoms with van der Waals surface area (Å²) in [5.41, 5.74) is 2.59. The molecule has 0 saturated heterocycles. The third-order valence-electron chi connectivity index (χ3n) is 12.4. The lowest BCUT2D eigenvalue weighted by Gasteiger charge is -2.62. The molecular weight excluding hydrogens is 484 g/mol. The van der Waals surface area contributed by atoms with E-state index in [-0.39, 0.29) is 23.4 Å². The topological polar surface area (TPSA) is 63.6 Å². The van der Waals surface area contributed by atoms with Gasteiger partial charge in [0.2, 0.25) is 0 Å². The first kappa shape index (κ1) is 28.4. The Morgan fingerprint density at radius 1 is 1.03 bits per heavy atom. The van der Waals surface area contributed by atoms with Gasteiger partial charge in [-0.25, -0.2) is 4.79 Å². The maximum atomic E-state index is 13.4. The van der Waals surface area contributed by atoms with Crippen molar-refractivity contribution in [2.45, 2.75) is 104 Å². The van der Waals surface area contributed by atoms with Crippen LogP contribution in [0.5, 0.6) is 0 Å². The van der Waals surface area contributed by atoms with Crippen LogP contribution in [0.15, 0.2) is 42.5 Å². The number of aliphatic carboxylic acids is 1. The number of ether oxygens (including phenoxy) is 1. The highest BCUT2D eigenvalue weighted by atomic mass is 16.5. The van der Waals surface area contributed by atoms with Gasteiger partial charge in [-0.3, -0.25) is 4.79 Å². The molecule has 0 radical (unpaired) electrons. The van der Waals surface area contributed by atoms with Crippen molar-refractivity contribution < 1.29 is 19.4 Å². The SMILES string of the molecule is C=C1CCC2(C)C3CCC4(C)C(CCC4[C@H](C)CCCC(C)C(=O)O)C3[C@H](OC(=O)c3ccccc3)C[C@H]2C1. The molecule has 10 atom stereocenters. The molecular formula is C35H50O4. The van der Waals surface area contributed by atoms with Gasteiger partial charge in [0.15, 0.2) is 0 Å². The van der Waals surface area contributed by atoms with Crippen LogP contribution in [0.2, 0.25) is 0 Å². The average Bonchev–Trinajstić information content (AvgIpc) is 3.27. The van der Waals surface area contributed by atoms with E-state index >= 15 is 0 Å². The van der Waals surface area contributed by atoms with Gasteiger partial charge in [-0.1, -0.05) is 70.9 Å². The first-order valence-electron chi connectivity index (χ1n) is 15.7. The van der Waals surface area contributed by atoms with Gasteiger partial charge in [0.1, 0.15) is 6.10 Å². The fourth-order valence-corrected chi connectivity index (χ4v) is 10.0. The number of carboxylic acid groups (broad SMARTS) is 1. The molecule has 1 aromatic carbocycles. The second kappa shape index (κ2) is 11.1. The Morgan fingerprint density at radius 3 is 2.46 bits per heavy atom. The fourth-order valence-electron chi connectivity index (χ4n) is 10.0. The van der Waals surface area contributed by atoms with Crippen LogP contribution in [0.25, 0.3) is 0 Å². The van der Waals surface area contributed by atoms with Crippen LogP contribution in [-0.2, 0) is 9.53 Å². The Bertz CT molecular complexity index is 1060. The molecule has 4 saturated carbocycles. The number of hydrogen-bond donors (Lipinski definition) is 1. The first-order chi connectivity index (χ1) is 18.5. The molecule has 0 amide bonds. The molecule has 4 aliphatic carbocycles.